The number of anilines is 1. The summed E-state index contributed by atoms with van der Waals surface area (Å²) in [4.78, 5) is 12.6. The molecule has 0 fully saturated rings. The topological polar surface area (TPSA) is 84.9 Å². The van der Waals surface area contributed by atoms with E-state index in [1.54, 1.807) is 19.1 Å². The van der Waals surface area contributed by atoms with E-state index in [4.69, 9.17) is 32.7 Å². The normalized spacial score (nSPS) is 14.2. The Bertz CT molecular complexity index is 1030. The van der Waals surface area contributed by atoms with Crippen LogP contribution in [0.15, 0.2) is 36.4 Å². The molecule has 0 bridgehead atoms. The van der Waals surface area contributed by atoms with Crippen LogP contribution in [0.3, 0.4) is 0 Å². The van der Waals surface area contributed by atoms with Crippen molar-refractivity contribution in [2.45, 2.75) is 13.0 Å². The van der Waals surface area contributed by atoms with Gasteiger partial charge in [0.25, 0.3) is 0 Å². The van der Waals surface area contributed by atoms with E-state index in [1.165, 1.54) is 18.2 Å². The van der Waals surface area contributed by atoms with Gasteiger partial charge in [-0.2, -0.15) is 0 Å². The van der Waals surface area contributed by atoms with Crippen LogP contribution in [0, 0.1) is 0 Å². The van der Waals surface area contributed by atoms with Crippen molar-refractivity contribution in [3.63, 3.8) is 0 Å². The van der Waals surface area contributed by atoms with Gasteiger partial charge < -0.3 is 14.8 Å². The van der Waals surface area contributed by atoms with Crippen molar-refractivity contribution < 1.29 is 22.7 Å². The fraction of sp³-hybridized carbons (Fsp3) is 0.316. The Kier molecular flexibility index (Phi) is 6.45. The molecule has 1 heterocycles. The van der Waals surface area contributed by atoms with Gasteiger partial charge in [0.15, 0.2) is 11.5 Å². The summed E-state index contributed by atoms with van der Waals surface area (Å²) in [6.45, 7) is 2.33. The molecule has 10 heteroatoms. The van der Waals surface area contributed by atoms with Gasteiger partial charge in [0.1, 0.15) is 19.8 Å². The molecule has 0 aliphatic carbocycles. The highest BCUT2D eigenvalue weighted by atomic mass is 35.5. The lowest BCUT2D eigenvalue weighted by molar-refractivity contribution is -0.120. The van der Waals surface area contributed by atoms with Crippen LogP contribution >= 0.6 is 23.2 Å². The van der Waals surface area contributed by atoms with Crippen molar-refractivity contribution in [1.29, 1.82) is 0 Å². The van der Waals surface area contributed by atoms with Crippen LogP contribution in [0.5, 0.6) is 11.5 Å². The number of amides is 1. The highest BCUT2D eigenvalue weighted by molar-refractivity contribution is 7.92. The van der Waals surface area contributed by atoms with Crippen LogP contribution in [0.25, 0.3) is 0 Å². The molecule has 3 rings (SSSR count). The van der Waals surface area contributed by atoms with Crippen molar-refractivity contribution in [2.24, 2.45) is 0 Å². The Morgan fingerprint density at radius 1 is 1.14 bits per heavy atom. The maximum Gasteiger partial charge on any atom is 0.241 e. The van der Waals surface area contributed by atoms with Gasteiger partial charge in [-0.25, -0.2) is 8.42 Å². The van der Waals surface area contributed by atoms with Crippen LogP contribution in [-0.4, -0.2) is 40.3 Å². The molecule has 156 valence electrons. The number of rotatable bonds is 6. The third-order valence-electron chi connectivity index (χ3n) is 4.31. The maximum atomic E-state index is 12.6. The minimum atomic E-state index is -3.75. The lowest BCUT2D eigenvalue weighted by Crippen LogP contribution is -2.41. The van der Waals surface area contributed by atoms with E-state index < -0.39 is 22.5 Å². The molecule has 0 unspecified atom stereocenters. The number of ether oxygens (including phenoxy) is 2. The lowest BCUT2D eigenvalue weighted by Gasteiger charge is -2.25. The standard InChI is InChI=1S/C19H20Cl2N2O5S/c1-12(13-3-6-17-18(9-13)28-8-7-27-17)22-19(24)11-23(29(2,25)26)16-5-4-14(20)10-15(16)21/h3-6,9-10,12H,7-8,11H2,1-2H3,(H,22,24)/t12-/m0/s1. The largest absolute Gasteiger partial charge is 0.486 e. The molecule has 1 amide bonds. The first-order chi connectivity index (χ1) is 13.6. The zero-order valence-electron chi connectivity index (χ0n) is 15.8. The van der Waals surface area contributed by atoms with Crippen molar-refractivity contribution >= 4 is 44.8 Å². The first-order valence-corrected chi connectivity index (χ1v) is 11.4. The van der Waals surface area contributed by atoms with E-state index in [2.05, 4.69) is 5.32 Å². The molecule has 0 aromatic heterocycles. The summed E-state index contributed by atoms with van der Waals surface area (Å²) >= 11 is 12.0. The Morgan fingerprint density at radius 2 is 1.83 bits per heavy atom. The van der Waals surface area contributed by atoms with Crippen molar-refractivity contribution in [2.75, 3.05) is 30.3 Å². The van der Waals surface area contributed by atoms with Crippen LogP contribution in [-0.2, 0) is 14.8 Å². The number of fused-ring (bicyclic) bond motifs is 1. The zero-order chi connectivity index (χ0) is 21.2. The van der Waals surface area contributed by atoms with E-state index in [0.717, 1.165) is 16.1 Å². The minimum absolute atomic E-state index is 0.135. The van der Waals surface area contributed by atoms with Gasteiger partial charge in [0, 0.05) is 5.02 Å². The average Bonchev–Trinajstić information content (AvgIpc) is 2.65. The summed E-state index contributed by atoms with van der Waals surface area (Å²) in [6, 6.07) is 9.42. The van der Waals surface area contributed by atoms with Gasteiger partial charge >= 0.3 is 0 Å². The second-order valence-corrected chi connectivity index (χ2v) is 9.31. The van der Waals surface area contributed by atoms with Crippen molar-refractivity contribution in [3.05, 3.63) is 52.0 Å². The van der Waals surface area contributed by atoms with Crippen LogP contribution < -0.4 is 19.1 Å². The Balaban J connectivity index is 1.75. The number of carbonyl (C=O) groups is 1. The van der Waals surface area contributed by atoms with Gasteiger partial charge in [-0.05, 0) is 42.8 Å². The van der Waals surface area contributed by atoms with E-state index in [9.17, 15) is 13.2 Å². The summed E-state index contributed by atoms with van der Waals surface area (Å²) < 4.78 is 36.5. The third-order valence-corrected chi connectivity index (χ3v) is 5.97. The van der Waals surface area contributed by atoms with Gasteiger partial charge in [-0.3, -0.25) is 9.10 Å². The third kappa shape index (κ3) is 5.26. The van der Waals surface area contributed by atoms with Crippen molar-refractivity contribution in [1.82, 2.24) is 5.32 Å². The van der Waals surface area contributed by atoms with Gasteiger partial charge in [-0.15, -0.1) is 0 Å². The van der Waals surface area contributed by atoms with Crippen molar-refractivity contribution in [3.8, 4) is 11.5 Å². The molecule has 0 saturated heterocycles. The molecule has 0 radical (unpaired) electrons. The highest BCUT2D eigenvalue weighted by Crippen LogP contribution is 2.33. The number of nitrogens with zero attached hydrogens (tertiary/aromatic N) is 1. The van der Waals surface area contributed by atoms with Crippen LogP contribution in [0.1, 0.15) is 18.5 Å². The molecule has 1 N–H and O–H groups in total. The minimum Gasteiger partial charge on any atom is -0.486 e. The second-order valence-electron chi connectivity index (χ2n) is 6.56. The smallest absolute Gasteiger partial charge is 0.241 e. The molecule has 29 heavy (non-hydrogen) atoms. The zero-order valence-corrected chi connectivity index (χ0v) is 18.1. The first-order valence-electron chi connectivity index (χ1n) is 8.77. The number of halogens is 2. The molecular formula is C19H20Cl2N2O5S. The summed E-state index contributed by atoms with van der Waals surface area (Å²) in [5.41, 5.74) is 0.985. The SMILES string of the molecule is C[C@H](NC(=O)CN(c1ccc(Cl)cc1Cl)S(C)(=O)=O)c1ccc2c(c1)OCCO2. The van der Waals surface area contributed by atoms with E-state index in [-0.39, 0.29) is 16.8 Å². The molecule has 2 aromatic carbocycles. The molecule has 7 nitrogen and oxygen atoms in total. The molecule has 2 aromatic rings. The fourth-order valence-corrected chi connectivity index (χ4v) is 4.32. The number of sulfonamides is 1. The first kappa shape index (κ1) is 21.5. The molecule has 0 saturated carbocycles. The molecule has 1 atom stereocenters. The second kappa shape index (κ2) is 8.69. The van der Waals surface area contributed by atoms with Crippen LogP contribution in [0.4, 0.5) is 5.69 Å². The summed E-state index contributed by atoms with van der Waals surface area (Å²) in [6.07, 6.45) is 1.01. The summed E-state index contributed by atoms with van der Waals surface area (Å²) in [5.74, 6) is 0.781. The Morgan fingerprint density at radius 3 is 2.48 bits per heavy atom. The van der Waals surface area contributed by atoms with Gasteiger partial charge in [-0.1, -0.05) is 29.3 Å². The quantitative estimate of drug-likeness (QED) is 0.716. The Labute approximate surface area is 179 Å². The predicted molar refractivity (Wildman–Crippen MR) is 113 cm³/mol. The van der Waals surface area contributed by atoms with Crippen LogP contribution in [0.2, 0.25) is 10.0 Å². The monoisotopic (exact) mass is 458 g/mol. The predicted octanol–water partition coefficient (Wildman–Crippen LogP) is 3.41. The molecular weight excluding hydrogens is 439 g/mol. The van der Waals surface area contributed by atoms with E-state index in [1.807, 2.05) is 6.07 Å². The fourth-order valence-electron chi connectivity index (χ4n) is 2.89. The number of hydrogen-bond acceptors (Lipinski definition) is 5. The molecule has 1 aliphatic heterocycles. The average molecular weight is 459 g/mol. The number of hydrogen-bond donors (Lipinski definition) is 1. The highest BCUT2D eigenvalue weighted by Gasteiger charge is 2.24. The molecule has 1 aliphatic rings. The van der Waals surface area contributed by atoms with Gasteiger partial charge in [0.2, 0.25) is 15.9 Å². The summed E-state index contributed by atoms with van der Waals surface area (Å²) in [7, 11) is -3.75. The Hall–Kier alpha value is -2.16. The van der Waals surface area contributed by atoms with E-state index in [0.29, 0.717) is 29.7 Å². The maximum absolute atomic E-state index is 12.6. The molecule has 0 spiro atoms. The lowest BCUT2D eigenvalue weighted by atomic mass is 10.1. The number of nitrogens with one attached hydrogen (secondary N) is 1. The number of benzene rings is 2. The van der Waals surface area contributed by atoms with Gasteiger partial charge in [0.05, 0.1) is 23.0 Å². The number of carbonyl (C=O) groups excluding carboxylic acids is 1. The summed E-state index contributed by atoms with van der Waals surface area (Å²) in [5, 5.41) is 3.30. The van der Waals surface area contributed by atoms with E-state index >= 15 is 0 Å².